The molecule has 0 atom stereocenters. The van der Waals surface area contributed by atoms with Crippen LogP contribution >= 0.6 is 0 Å². The predicted octanol–water partition coefficient (Wildman–Crippen LogP) is 0.453. The van der Waals surface area contributed by atoms with Gasteiger partial charge in [0, 0.05) is 11.8 Å². The van der Waals surface area contributed by atoms with E-state index in [2.05, 4.69) is 5.10 Å². The summed E-state index contributed by atoms with van der Waals surface area (Å²) in [5.41, 5.74) is 3.72. The molecule has 1 aromatic carbocycles. The third-order valence-electron chi connectivity index (χ3n) is 2.70. The summed E-state index contributed by atoms with van der Waals surface area (Å²) < 4.78 is 1.54. The van der Waals surface area contributed by atoms with Crippen molar-refractivity contribution in [2.75, 3.05) is 0 Å². The average molecular weight is 258 g/mol. The lowest BCUT2D eigenvalue weighted by molar-refractivity contribution is 0.0945. The van der Waals surface area contributed by atoms with Gasteiger partial charge in [-0.1, -0.05) is 12.1 Å². The van der Waals surface area contributed by atoms with E-state index in [0.717, 1.165) is 11.3 Å². The van der Waals surface area contributed by atoms with Gasteiger partial charge < -0.3 is 0 Å². The summed E-state index contributed by atoms with van der Waals surface area (Å²) in [7, 11) is 0. The normalized spacial score (nSPS) is 10.3. The maximum Gasteiger partial charge on any atom is 0.289 e. The zero-order chi connectivity index (χ0) is 14.0. The second-order valence-corrected chi connectivity index (χ2v) is 4.22. The summed E-state index contributed by atoms with van der Waals surface area (Å²) in [6.07, 6.45) is 0. The first kappa shape index (κ1) is 13.0. The number of nitrogen functional groups attached to an aromatic ring is 1. The van der Waals surface area contributed by atoms with Crippen molar-refractivity contribution < 1.29 is 4.79 Å². The number of carbonyl (C=O) groups is 1. The third kappa shape index (κ3) is 2.53. The monoisotopic (exact) mass is 258 g/mol. The molecule has 0 aliphatic carbocycles. The van der Waals surface area contributed by atoms with Crippen LogP contribution in [0.2, 0.25) is 0 Å². The fourth-order valence-electron chi connectivity index (χ4n) is 1.79. The summed E-state index contributed by atoms with van der Waals surface area (Å²) in [4.78, 5) is 23.2. The summed E-state index contributed by atoms with van der Waals surface area (Å²) in [6.45, 7) is 3.70. The number of hydrogen-bond donors (Lipinski definition) is 2. The van der Waals surface area contributed by atoms with Gasteiger partial charge in [-0.05, 0) is 31.5 Å². The van der Waals surface area contributed by atoms with Crippen LogP contribution < -0.4 is 16.7 Å². The first-order chi connectivity index (χ1) is 9.02. The number of benzene rings is 1. The van der Waals surface area contributed by atoms with Gasteiger partial charge in [-0.3, -0.25) is 15.0 Å². The molecule has 0 spiro atoms. The second-order valence-electron chi connectivity index (χ2n) is 4.22. The van der Waals surface area contributed by atoms with E-state index in [1.807, 2.05) is 36.6 Å². The highest BCUT2D eigenvalue weighted by molar-refractivity contribution is 5.91. The second kappa shape index (κ2) is 5.03. The average Bonchev–Trinajstić information content (AvgIpc) is 2.38. The molecule has 98 valence electrons. The predicted molar refractivity (Wildman–Crippen MR) is 71.0 cm³/mol. The summed E-state index contributed by atoms with van der Waals surface area (Å²) in [6, 6.07) is 8.96. The van der Waals surface area contributed by atoms with Crippen LogP contribution in [0.5, 0.6) is 0 Å². The van der Waals surface area contributed by atoms with Gasteiger partial charge in [0.2, 0.25) is 5.43 Å². The topological polar surface area (TPSA) is 90.0 Å². The smallest absolute Gasteiger partial charge is 0.289 e. The largest absolute Gasteiger partial charge is 0.289 e. The molecule has 0 saturated carbocycles. The summed E-state index contributed by atoms with van der Waals surface area (Å²) in [5, 5.41) is 4.07. The molecule has 0 fully saturated rings. The van der Waals surface area contributed by atoms with Crippen molar-refractivity contribution in [3.8, 4) is 5.69 Å². The van der Waals surface area contributed by atoms with Crippen LogP contribution in [-0.2, 0) is 0 Å². The van der Waals surface area contributed by atoms with Crippen LogP contribution in [0.15, 0.2) is 35.1 Å². The molecular formula is C13H14N4O2. The number of rotatable bonds is 2. The molecule has 1 aromatic heterocycles. The number of nitrogens with two attached hydrogens (primary N) is 1. The molecular weight excluding hydrogens is 244 g/mol. The van der Waals surface area contributed by atoms with Gasteiger partial charge in [0.1, 0.15) is 0 Å². The van der Waals surface area contributed by atoms with Gasteiger partial charge >= 0.3 is 0 Å². The lowest BCUT2D eigenvalue weighted by atomic mass is 10.2. The molecule has 3 N–H and O–H groups in total. The zero-order valence-electron chi connectivity index (χ0n) is 10.7. The molecule has 6 nitrogen and oxygen atoms in total. The summed E-state index contributed by atoms with van der Waals surface area (Å²) in [5.74, 6) is 4.33. The van der Waals surface area contributed by atoms with Gasteiger partial charge in [-0.25, -0.2) is 10.5 Å². The minimum atomic E-state index is -0.702. The molecule has 2 aromatic rings. The summed E-state index contributed by atoms with van der Waals surface area (Å²) >= 11 is 0. The first-order valence-electron chi connectivity index (χ1n) is 5.72. The Bertz CT molecular complexity index is 691. The van der Waals surface area contributed by atoms with Crippen molar-refractivity contribution in [2.24, 2.45) is 5.84 Å². The van der Waals surface area contributed by atoms with Crippen LogP contribution in [-0.4, -0.2) is 15.7 Å². The maximum absolute atomic E-state index is 11.7. The van der Waals surface area contributed by atoms with Gasteiger partial charge in [0.05, 0.1) is 5.69 Å². The quantitative estimate of drug-likeness (QED) is 0.465. The number of amides is 1. The van der Waals surface area contributed by atoms with E-state index >= 15 is 0 Å². The van der Waals surface area contributed by atoms with Gasteiger partial charge in [-0.15, -0.1) is 0 Å². The minimum Gasteiger partial charge on any atom is -0.289 e. The van der Waals surface area contributed by atoms with E-state index < -0.39 is 11.3 Å². The number of nitrogens with one attached hydrogen (secondary N) is 1. The highest BCUT2D eigenvalue weighted by atomic mass is 16.2. The van der Waals surface area contributed by atoms with E-state index in [4.69, 9.17) is 5.84 Å². The van der Waals surface area contributed by atoms with Crippen molar-refractivity contribution in [3.63, 3.8) is 0 Å². The Kier molecular flexibility index (Phi) is 3.43. The van der Waals surface area contributed by atoms with Crippen molar-refractivity contribution in [3.05, 3.63) is 57.5 Å². The molecule has 0 unspecified atom stereocenters. The highest BCUT2D eigenvalue weighted by Gasteiger charge is 2.13. The lowest BCUT2D eigenvalue weighted by Crippen LogP contribution is -2.36. The van der Waals surface area contributed by atoms with E-state index in [1.165, 1.54) is 6.07 Å². The van der Waals surface area contributed by atoms with Crippen LogP contribution in [0.25, 0.3) is 5.69 Å². The number of hydrogen-bond acceptors (Lipinski definition) is 4. The fourth-order valence-corrected chi connectivity index (χ4v) is 1.79. The van der Waals surface area contributed by atoms with E-state index in [9.17, 15) is 9.59 Å². The number of aromatic nitrogens is 2. The number of nitrogens with zero attached hydrogens (tertiary/aromatic N) is 2. The Morgan fingerprint density at radius 2 is 2.05 bits per heavy atom. The number of carbonyl (C=O) groups excluding carboxylic acids is 1. The third-order valence-corrected chi connectivity index (χ3v) is 2.70. The van der Waals surface area contributed by atoms with Gasteiger partial charge in [0.25, 0.3) is 5.91 Å². The fraction of sp³-hybridized carbons (Fsp3) is 0.154. The van der Waals surface area contributed by atoms with Crippen molar-refractivity contribution in [1.82, 2.24) is 15.2 Å². The first-order valence-corrected chi connectivity index (χ1v) is 5.72. The van der Waals surface area contributed by atoms with E-state index in [0.29, 0.717) is 5.69 Å². The molecule has 1 heterocycles. The van der Waals surface area contributed by atoms with Gasteiger partial charge in [-0.2, -0.15) is 5.10 Å². The molecule has 6 heteroatoms. The molecule has 0 saturated heterocycles. The van der Waals surface area contributed by atoms with Crippen LogP contribution in [0.4, 0.5) is 0 Å². The molecule has 2 rings (SSSR count). The Hall–Kier alpha value is -2.47. The standard InChI is InChI=1S/C13H14N4O2/c1-8-4-3-5-10(6-8)17-9(2)7-11(18)12(16-17)13(19)15-14/h3-7H,14H2,1-2H3,(H,15,19). The van der Waals surface area contributed by atoms with Crippen molar-refractivity contribution >= 4 is 5.91 Å². The Labute approximate surface area is 109 Å². The molecule has 19 heavy (non-hydrogen) atoms. The Morgan fingerprint density at radius 3 is 2.68 bits per heavy atom. The molecule has 0 aliphatic heterocycles. The van der Waals surface area contributed by atoms with E-state index in [1.54, 1.807) is 11.6 Å². The lowest BCUT2D eigenvalue weighted by Gasteiger charge is -2.11. The van der Waals surface area contributed by atoms with Crippen LogP contribution in [0.1, 0.15) is 21.7 Å². The highest BCUT2D eigenvalue weighted by Crippen LogP contribution is 2.10. The van der Waals surface area contributed by atoms with E-state index in [-0.39, 0.29) is 5.69 Å². The molecule has 1 amide bonds. The molecule has 0 bridgehead atoms. The molecule has 0 aliphatic rings. The van der Waals surface area contributed by atoms with Crippen LogP contribution in [0.3, 0.4) is 0 Å². The van der Waals surface area contributed by atoms with Gasteiger partial charge in [0.15, 0.2) is 5.69 Å². The SMILES string of the molecule is Cc1cccc(-n2nc(C(=O)NN)c(=O)cc2C)c1. The number of hydrazine groups is 1. The Balaban J connectivity index is 2.64. The van der Waals surface area contributed by atoms with Crippen molar-refractivity contribution in [2.45, 2.75) is 13.8 Å². The van der Waals surface area contributed by atoms with Crippen molar-refractivity contribution in [1.29, 1.82) is 0 Å². The number of aryl methyl sites for hydroxylation is 2. The van der Waals surface area contributed by atoms with Crippen LogP contribution in [0, 0.1) is 13.8 Å². The minimum absolute atomic E-state index is 0.227. The maximum atomic E-state index is 11.7. The Morgan fingerprint density at radius 1 is 1.32 bits per heavy atom. The molecule has 0 radical (unpaired) electrons. The zero-order valence-corrected chi connectivity index (χ0v) is 10.7.